The minimum atomic E-state index is -0.880. The van der Waals surface area contributed by atoms with Gasteiger partial charge in [-0.1, -0.05) is 13.8 Å². The molecule has 1 aromatic rings. The summed E-state index contributed by atoms with van der Waals surface area (Å²) in [7, 11) is 0. The number of aliphatic carboxylic acids is 1. The number of anilines is 1. The van der Waals surface area contributed by atoms with Crippen molar-refractivity contribution in [3.05, 3.63) is 12.4 Å². The molecule has 6 nitrogen and oxygen atoms in total. The molecule has 0 fully saturated rings. The first kappa shape index (κ1) is 15.2. The molecule has 1 atom stereocenters. The van der Waals surface area contributed by atoms with Crippen LogP contribution in [0.2, 0.25) is 0 Å². The van der Waals surface area contributed by atoms with Crippen LogP contribution in [0.25, 0.3) is 0 Å². The Morgan fingerprint density at radius 2 is 2.21 bits per heavy atom. The van der Waals surface area contributed by atoms with Crippen LogP contribution in [-0.2, 0) is 4.79 Å². The van der Waals surface area contributed by atoms with Crippen molar-refractivity contribution in [1.82, 2.24) is 9.97 Å². The van der Waals surface area contributed by atoms with E-state index in [0.717, 1.165) is 12.8 Å². The third kappa shape index (κ3) is 4.73. The van der Waals surface area contributed by atoms with Crippen molar-refractivity contribution in [2.24, 2.45) is 0 Å². The first-order valence-corrected chi connectivity index (χ1v) is 6.51. The van der Waals surface area contributed by atoms with Crippen molar-refractivity contribution in [3.63, 3.8) is 0 Å². The quantitative estimate of drug-likeness (QED) is 0.776. The Labute approximate surface area is 113 Å². The van der Waals surface area contributed by atoms with Gasteiger partial charge in [-0.05, 0) is 19.8 Å². The Bertz CT molecular complexity index is 412. The molecule has 0 saturated carbocycles. The van der Waals surface area contributed by atoms with Crippen LogP contribution in [0.3, 0.4) is 0 Å². The molecule has 1 rings (SSSR count). The Morgan fingerprint density at radius 1 is 1.47 bits per heavy atom. The molecule has 0 aromatic carbocycles. The average Bonchev–Trinajstić information content (AvgIpc) is 2.41. The van der Waals surface area contributed by atoms with Gasteiger partial charge in [-0.25, -0.2) is 9.97 Å². The van der Waals surface area contributed by atoms with E-state index in [1.54, 1.807) is 11.0 Å². The molecule has 0 saturated heterocycles. The molecule has 0 aliphatic carbocycles. The van der Waals surface area contributed by atoms with Crippen LogP contribution >= 0.6 is 0 Å². The second kappa shape index (κ2) is 7.56. The fourth-order valence-electron chi connectivity index (χ4n) is 1.60. The lowest BCUT2D eigenvalue weighted by Crippen LogP contribution is -2.37. The van der Waals surface area contributed by atoms with Crippen LogP contribution in [-0.4, -0.2) is 40.2 Å². The third-order valence-corrected chi connectivity index (χ3v) is 2.80. The zero-order chi connectivity index (χ0) is 14.3. The molecule has 106 valence electrons. The molecule has 0 spiro atoms. The Morgan fingerprint density at radius 3 is 2.79 bits per heavy atom. The Kier molecular flexibility index (Phi) is 6.05. The van der Waals surface area contributed by atoms with E-state index >= 15 is 0 Å². The number of carboxylic acid groups (broad SMARTS) is 1. The van der Waals surface area contributed by atoms with Gasteiger partial charge in [-0.3, -0.25) is 4.79 Å². The van der Waals surface area contributed by atoms with Crippen LogP contribution in [0.5, 0.6) is 5.88 Å². The molecule has 6 heteroatoms. The largest absolute Gasteiger partial charge is 0.480 e. The fourth-order valence-corrected chi connectivity index (χ4v) is 1.60. The van der Waals surface area contributed by atoms with Gasteiger partial charge in [0, 0.05) is 12.1 Å². The maximum Gasteiger partial charge on any atom is 0.323 e. The lowest BCUT2D eigenvalue weighted by atomic mass is 10.2. The average molecular weight is 267 g/mol. The minimum absolute atomic E-state index is 0.0841. The highest BCUT2D eigenvalue weighted by molar-refractivity contribution is 5.73. The number of nitrogens with zero attached hydrogens (tertiary/aromatic N) is 3. The van der Waals surface area contributed by atoms with Crippen LogP contribution in [0.4, 0.5) is 5.82 Å². The maximum absolute atomic E-state index is 10.9. The summed E-state index contributed by atoms with van der Waals surface area (Å²) in [6, 6.07) is 1.77. The van der Waals surface area contributed by atoms with Crippen LogP contribution < -0.4 is 9.64 Å². The summed E-state index contributed by atoms with van der Waals surface area (Å²) in [5.41, 5.74) is 0. The molecule has 0 bridgehead atoms. The number of rotatable bonds is 8. The van der Waals surface area contributed by atoms with E-state index in [9.17, 15) is 4.79 Å². The molecule has 0 amide bonds. The van der Waals surface area contributed by atoms with Crippen molar-refractivity contribution in [2.75, 3.05) is 18.1 Å². The summed E-state index contributed by atoms with van der Waals surface area (Å²) in [6.07, 6.45) is 3.13. The second-order valence-corrected chi connectivity index (χ2v) is 4.34. The molecule has 1 aromatic heterocycles. The number of hydrogen-bond acceptors (Lipinski definition) is 5. The lowest BCUT2D eigenvalue weighted by Gasteiger charge is -2.27. The number of ether oxygens (including phenoxy) is 1. The highest BCUT2D eigenvalue weighted by atomic mass is 16.5. The third-order valence-electron chi connectivity index (χ3n) is 2.80. The molecule has 0 aliphatic heterocycles. The van der Waals surface area contributed by atoms with Crippen LogP contribution in [0.15, 0.2) is 12.4 Å². The summed E-state index contributed by atoms with van der Waals surface area (Å²) < 4.78 is 5.44. The van der Waals surface area contributed by atoms with E-state index in [1.807, 2.05) is 20.8 Å². The van der Waals surface area contributed by atoms with Crippen LogP contribution in [0.1, 0.15) is 33.6 Å². The first-order valence-electron chi connectivity index (χ1n) is 6.51. The van der Waals surface area contributed by atoms with Crippen molar-refractivity contribution >= 4 is 11.8 Å². The molecule has 19 heavy (non-hydrogen) atoms. The Balaban J connectivity index is 2.91. The topological polar surface area (TPSA) is 75.5 Å². The molecular weight excluding hydrogens is 246 g/mol. The predicted octanol–water partition coefficient (Wildman–Crippen LogP) is 1.95. The normalized spacial score (nSPS) is 11.9. The zero-order valence-electron chi connectivity index (χ0n) is 11.7. The Hall–Kier alpha value is -1.85. The van der Waals surface area contributed by atoms with Crippen molar-refractivity contribution in [1.29, 1.82) is 0 Å². The van der Waals surface area contributed by atoms with E-state index in [4.69, 9.17) is 9.84 Å². The summed E-state index contributed by atoms with van der Waals surface area (Å²) in [5, 5.41) is 8.98. The van der Waals surface area contributed by atoms with Gasteiger partial charge in [-0.2, -0.15) is 0 Å². The second-order valence-electron chi connectivity index (χ2n) is 4.34. The zero-order valence-corrected chi connectivity index (χ0v) is 11.7. The standard InChI is InChI=1S/C13H21N3O3/c1-4-6-19-12-7-11(14-9-15-12)16(8-13(17)18)10(3)5-2/h7,9-10H,4-6,8H2,1-3H3,(H,17,18). The smallest absolute Gasteiger partial charge is 0.323 e. The number of carbonyl (C=O) groups is 1. The van der Waals surface area contributed by atoms with E-state index in [1.165, 1.54) is 6.33 Å². The van der Waals surface area contributed by atoms with Crippen molar-refractivity contribution < 1.29 is 14.6 Å². The van der Waals surface area contributed by atoms with Crippen molar-refractivity contribution in [2.45, 2.75) is 39.7 Å². The molecule has 1 N–H and O–H groups in total. The van der Waals surface area contributed by atoms with E-state index in [-0.39, 0.29) is 12.6 Å². The summed E-state index contributed by atoms with van der Waals surface area (Å²) in [6.45, 7) is 6.49. The van der Waals surface area contributed by atoms with Gasteiger partial charge in [0.15, 0.2) is 0 Å². The molecule has 1 heterocycles. The predicted molar refractivity (Wildman–Crippen MR) is 72.6 cm³/mol. The summed E-state index contributed by atoms with van der Waals surface area (Å²) >= 11 is 0. The van der Waals surface area contributed by atoms with Gasteiger partial charge in [-0.15, -0.1) is 0 Å². The van der Waals surface area contributed by atoms with E-state index in [0.29, 0.717) is 18.3 Å². The molecule has 1 unspecified atom stereocenters. The SMILES string of the molecule is CCCOc1cc(N(CC(=O)O)C(C)CC)ncn1. The van der Waals surface area contributed by atoms with Gasteiger partial charge in [0.1, 0.15) is 18.7 Å². The minimum Gasteiger partial charge on any atom is -0.480 e. The first-order chi connectivity index (χ1) is 9.08. The molecule has 0 aliphatic rings. The molecule has 0 radical (unpaired) electrons. The van der Waals surface area contributed by atoms with Crippen LogP contribution in [0, 0.1) is 0 Å². The summed E-state index contributed by atoms with van der Waals surface area (Å²) in [5.74, 6) is 0.179. The highest BCUT2D eigenvalue weighted by Gasteiger charge is 2.18. The van der Waals surface area contributed by atoms with E-state index in [2.05, 4.69) is 9.97 Å². The monoisotopic (exact) mass is 267 g/mol. The molecular formula is C13H21N3O3. The van der Waals surface area contributed by atoms with Gasteiger partial charge in [0.25, 0.3) is 0 Å². The van der Waals surface area contributed by atoms with Gasteiger partial charge < -0.3 is 14.7 Å². The van der Waals surface area contributed by atoms with Crippen molar-refractivity contribution in [3.8, 4) is 5.88 Å². The van der Waals surface area contributed by atoms with Gasteiger partial charge in [0.05, 0.1) is 6.61 Å². The van der Waals surface area contributed by atoms with Gasteiger partial charge >= 0.3 is 5.97 Å². The number of hydrogen-bond donors (Lipinski definition) is 1. The lowest BCUT2D eigenvalue weighted by molar-refractivity contribution is -0.135. The maximum atomic E-state index is 10.9. The summed E-state index contributed by atoms with van der Waals surface area (Å²) in [4.78, 5) is 20.8. The number of aromatic nitrogens is 2. The van der Waals surface area contributed by atoms with E-state index < -0.39 is 5.97 Å². The number of carboxylic acids is 1. The fraction of sp³-hybridized carbons (Fsp3) is 0.615. The van der Waals surface area contributed by atoms with Gasteiger partial charge in [0.2, 0.25) is 5.88 Å². The highest BCUT2D eigenvalue weighted by Crippen LogP contribution is 2.19.